The van der Waals surface area contributed by atoms with Crippen LogP contribution in [0.15, 0.2) is 36.4 Å². The molecule has 0 radical (unpaired) electrons. The second kappa shape index (κ2) is 9.19. The third kappa shape index (κ3) is 5.02. The summed E-state index contributed by atoms with van der Waals surface area (Å²) >= 11 is 0. The van der Waals surface area contributed by atoms with Crippen LogP contribution >= 0.6 is 0 Å². The van der Waals surface area contributed by atoms with E-state index in [2.05, 4.69) is 19.8 Å². The van der Waals surface area contributed by atoms with Crippen molar-refractivity contribution < 1.29 is 13.2 Å². The van der Waals surface area contributed by atoms with E-state index in [4.69, 9.17) is 4.98 Å². The molecule has 1 spiro atoms. The van der Waals surface area contributed by atoms with Crippen molar-refractivity contribution in [3.05, 3.63) is 42.0 Å². The summed E-state index contributed by atoms with van der Waals surface area (Å²) in [4.78, 5) is 22.8. The molecule has 2 aliphatic heterocycles. The van der Waals surface area contributed by atoms with Gasteiger partial charge in [-0.05, 0) is 100 Å². The highest BCUT2D eigenvalue weighted by Crippen LogP contribution is 2.54. The standard InChI is InChI=1S/C28H37N5O3S/c1-27(10-11-27)37(35,36)31-21-8-9-22(23(20-21)32-18-14-28(12-13-28)15-19-32)26(34)30-24-6-5-7-25(29-24)33-16-3-2-4-17-33/h5-9,20,31H,2-4,10-19H2,1H3,(H,29,30,34). The number of hydrogen-bond donors (Lipinski definition) is 2. The average Bonchev–Trinajstić information content (AvgIpc) is 3.84. The normalized spacial score (nSPS) is 22.0. The molecule has 3 heterocycles. The number of hydrogen-bond acceptors (Lipinski definition) is 6. The molecule has 4 aliphatic rings. The lowest BCUT2D eigenvalue weighted by Gasteiger charge is -2.35. The second-order valence-electron chi connectivity index (χ2n) is 11.7. The van der Waals surface area contributed by atoms with Crippen molar-refractivity contribution in [2.45, 2.75) is 69.5 Å². The van der Waals surface area contributed by atoms with Gasteiger partial charge in [0.25, 0.3) is 5.91 Å². The Morgan fingerprint density at radius 2 is 1.62 bits per heavy atom. The van der Waals surface area contributed by atoms with Crippen LogP contribution in [0.4, 0.5) is 23.0 Å². The Kier molecular flexibility index (Phi) is 6.09. The molecule has 37 heavy (non-hydrogen) atoms. The second-order valence-corrected chi connectivity index (χ2v) is 13.9. The number of piperidine rings is 2. The van der Waals surface area contributed by atoms with Crippen LogP contribution in [0.2, 0.25) is 0 Å². The van der Waals surface area contributed by atoms with E-state index in [1.54, 1.807) is 19.1 Å². The van der Waals surface area contributed by atoms with Gasteiger partial charge in [0.05, 0.1) is 21.7 Å². The number of nitrogens with zero attached hydrogens (tertiary/aromatic N) is 3. The number of pyridine rings is 1. The molecule has 2 saturated heterocycles. The topological polar surface area (TPSA) is 94.6 Å². The molecule has 2 N–H and O–H groups in total. The van der Waals surface area contributed by atoms with Crippen molar-refractivity contribution in [1.82, 2.24) is 4.98 Å². The van der Waals surface area contributed by atoms with E-state index in [0.29, 0.717) is 35.3 Å². The third-order valence-corrected chi connectivity index (χ3v) is 11.1. The van der Waals surface area contributed by atoms with Gasteiger partial charge in [-0.3, -0.25) is 9.52 Å². The van der Waals surface area contributed by atoms with Crippen LogP contribution < -0.4 is 19.8 Å². The number of amides is 1. The predicted molar refractivity (Wildman–Crippen MR) is 148 cm³/mol. The van der Waals surface area contributed by atoms with Gasteiger partial charge < -0.3 is 15.1 Å². The molecule has 0 atom stereocenters. The molecule has 2 aliphatic carbocycles. The molecular weight excluding hydrogens is 486 g/mol. The Hall–Kier alpha value is -2.81. The maximum absolute atomic E-state index is 13.5. The number of anilines is 4. The first-order valence-corrected chi connectivity index (χ1v) is 15.2. The molecule has 1 amide bonds. The Bertz CT molecular complexity index is 1290. The summed E-state index contributed by atoms with van der Waals surface area (Å²) < 4.78 is 27.8. The van der Waals surface area contributed by atoms with Crippen molar-refractivity contribution >= 4 is 38.9 Å². The van der Waals surface area contributed by atoms with Crippen LogP contribution in [0.5, 0.6) is 0 Å². The van der Waals surface area contributed by atoms with E-state index in [9.17, 15) is 13.2 Å². The van der Waals surface area contributed by atoms with Gasteiger partial charge in [0.15, 0.2) is 0 Å². The molecule has 0 bridgehead atoms. The van der Waals surface area contributed by atoms with Gasteiger partial charge in [-0.15, -0.1) is 0 Å². The molecule has 0 unspecified atom stereocenters. The first kappa shape index (κ1) is 24.5. The van der Waals surface area contributed by atoms with Crippen LogP contribution in [0.25, 0.3) is 0 Å². The summed E-state index contributed by atoms with van der Waals surface area (Å²) in [6.45, 7) is 5.50. The lowest BCUT2D eigenvalue weighted by atomic mass is 9.93. The minimum Gasteiger partial charge on any atom is -0.371 e. The quantitative estimate of drug-likeness (QED) is 0.531. The van der Waals surface area contributed by atoms with E-state index >= 15 is 0 Å². The van der Waals surface area contributed by atoms with Gasteiger partial charge >= 0.3 is 0 Å². The zero-order valence-corrected chi connectivity index (χ0v) is 22.4. The van der Waals surface area contributed by atoms with Crippen LogP contribution in [-0.4, -0.2) is 50.2 Å². The fourth-order valence-corrected chi connectivity index (χ4v) is 6.97. The van der Waals surface area contributed by atoms with Gasteiger partial charge in [0.2, 0.25) is 10.0 Å². The van der Waals surface area contributed by atoms with Crippen molar-refractivity contribution in [2.75, 3.05) is 46.0 Å². The highest BCUT2D eigenvalue weighted by atomic mass is 32.2. The smallest absolute Gasteiger partial charge is 0.258 e. The maximum Gasteiger partial charge on any atom is 0.258 e. The van der Waals surface area contributed by atoms with Crippen molar-refractivity contribution in [1.29, 1.82) is 0 Å². The van der Waals surface area contributed by atoms with Crippen LogP contribution in [0, 0.1) is 5.41 Å². The first-order valence-electron chi connectivity index (χ1n) is 13.7. The Labute approximate surface area is 219 Å². The van der Waals surface area contributed by atoms with Gasteiger partial charge in [-0.25, -0.2) is 13.4 Å². The SMILES string of the molecule is CC1(S(=O)(=O)Nc2ccc(C(=O)Nc3cccc(N4CCCCC4)n3)c(N3CCC4(CC3)CC4)c2)CC1. The van der Waals surface area contributed by atoms with Crippen molar-refractivity contribution in [3.63, 3.8) is 0 Å². The van der Waals surface area contributed by atoms with Gasteiger partial charge in [-0.2, -0.15) is 0 Å². The molecule has 2 saturated carbocycles. The summed E-state index contributed by atoms with van der Waals surface area (Å²) in [5.74, 6) is 1.19. The summed E-state index contributed by atoms with van der Waals surface area (Å²) in [6.07, 6.45) is 9.74. The van der Waals surface area contributed by atoms with Gasteiger partial charge in [0, 0.05) is 26.2 Å². The summed E-state index contributed by atoms with van der Waals surface area (Å²) in [7, 11) is -3.48. The molecule has 8 nitrogen and oxygen atoms in total. The fraction of sp³-hybridized carbons (Fsp3) is 0.571. The molecule has 6 rings (SSSR count). The highest BCUT2D eigenvalue weighted by Gasteiger charge is 2.50. The third-order valence-electron chi connectivity index (χ3n) is 8.88. The Morgan fingerprint density at radius 3 is 2.30 bits per heavy atom. The Morgan fingerprint density at radius 1 is 0.892 bits per heavy atom. The number of sulfonamides is 1. The number of carbonyl (C=O) groups is 1. The van der Waals surface area contributed by atoms with E-state index < -0.39 is 14.8 Å². The highest BCUT2D eigenvalue weighted by molar-refractivity contribution is 7.94. The largest absolute Gasteiger partial charge is 0.371 e. The van der Waals surface area contributed by atoms with Crippen molar-refractivity contribution in [2.24, 2.45) is 5.41 Å². The Balaban J connectivity index is 1.25. The van der Waals surface area contributed by atoms with Crippen LogP contribution in [-0.2, 0) is 10.0 Å². The molecule has 1 aromatic carbocycles. The van der Waals surface area contributed by atoms with E-state index in [0.717, 1.165) is 63.4 Å². The fourth-order valence-electron chi connectivity index (χ4n) is 5.65. The van der Waals surface area contributed by atoms with E-state index in [1.807, 2.05) is 24.3 Å². The van der Waals surface area contributed by atoms with Crippen LogP contribution in [0.1, 0.15) is 75.1 Å². The lowest BCUT2D eigenvalue weighted by molar-refractivity contribution is 0.102. The minimum absolute atomic E-state index is 0.228. The number of nitrogens with one attached hydrogen (secondary N) is 2. The summed E-state index contributed by atoms with van der Waals surface area (Å²) in [5, 5.41) is 3.01. The van der Waals surface area contributed by atoms with E-state index in [-0.39, 0.29) is 5.91 Å². The van der Waals surface area contributed by atoms with Crippen LogP contribution in [0.3, 0.4) is 0 Å². The van der Waals surface area contributed by atoms with Gasteiger partial charge in [0.1, 0.15) is 11.6 Å². The number of aromatic nitrogens is 1. The molecule has 9 heteroatoms. The molecule has 2 aromatic rings. The van der Waals surface area contributed by atoms with Gasteiger partial charge in [-0.1, -0.05) is 6.07 Å². The lowest BCUT2D eigenvalue weighted by Crippen LogP contribution is -2.36. The molecule has 1 aromatic heterocycles. The summed E-state index contributed by atoms with van der Waals surface area (Å²) in [5.41, 5.74) is 2.33. The first-order chi connectivity index (χ1) is 17.8. The monoisotopic (exact) mass is 523 g/mol. The van der Waals surface area contributed by atoms with Crippen molar-refractivity contribution in [3.8, 4) is 0 Å². The minimum atomic E-state index is -3.48. The predicted octanol–water partition coefficient (Wildman–Crippen LogP) is 5.00. The number of rotatable bonds is 7. The molecule has 198 valence electrons. The maximum atomic E-state index is 13.5. The average molecular weight is 524 g/mol. The zero-order valence-electron chi connectivity index (χ0n) is 21.6. The molecule has 4 fully saturated rings. The zero-order chi connectivity index (χ0) is 25.7. The molecular formula is C28H37N5O3S. The number of carbonyl (C=O) groups excluding carboxylic acids is 1. The van der Waals surface area contributed by atoms with E-state index in [1.165, 1.54) is 19.3 Å². The number of benzene rings is 1. The summed E-state index contributed by atoms with van der Waals surface area (Å²) in [6, 6.07) is 11.0.